The zero-order valence-electron chi connectivity index (χ0n) is 12.5. The lowest BCUT2D eigenvalue weighted by atomic mass is 9.97. The molecule has 0 spiro atoms. The second kappa shape index (κ2) is 6.75. The zero-order chi connectivity index (χ0) is 13.6. The first kappa shape index (κ1) is 15.0. The Morgan fingerprint density at radius 2 is 1.83 bits per heavy atom. The van der Waals surface area contributed by atoms with Crippen molar-refractivity contribution in [3.63, 3.8) is 0 Å². The Balaban J connectivity index is 2.67. The van der Waals surface area contributed by atoms with E-state index < -0.39 is 0 Å². The molecular formula is C17H27N. The van der Waals surface area contributed by atoms with Gasteiger partial charge in [-0.3, -0.25) is 0 Å². The van der Waals surface area contributed by atoms with E-state index in [-0.39, 0.29) is 5.54 Å². The summed E-state index contributed by atoms with van der Waals surface area (Å²) in [4.78, 5) is 0. The fraction of sp³-hybridized carbons (Fsp3) is 0.529. The summed E-state index contributed by atoms with van der Waals surface area (Å²) >= 11 is 0. The molecule has 1 N–H and O–H groups in total. The van der Waals surface area contributed by atoms with Crippen molar-refractivity contribution >= 4 is 0 Å². The van der Waals surface area contributed by atoms with Crippen LogP contribution in [0.2, 0.25) is 0 Å². The SMILES string of the molecule is CC/C(=C/C(C)c1ccccc1)CNC(C)(C)C. The molecule has 1 aromatic rings. The summed E-state index contributed by atoms with van der Waals surface area (Å²) in [7, 11) is 0. The number of hydrogen-bond donors (Lipinski definition) is 1. The maximum Gasteiger partial charge on any atom is 0.0169 e. The molecule has 18 heavy (non-hydrogen) atoms. The van der Waals surface area contributed by atoms with Crippen molar-refractivity contribution in [3.05, 3.63) is 47.5 Å². The molecule has 100 valence electrons. The highest BCUT2D eigenvalue weighted by atomic mass is 14.9. The lowest BCUT2D eigenvalue weighted by molar-refractivity contribution is 0.442. The van der Waals surface area contributed by atoms with Crippen LogP contribution in [-0.4, -0.2) is 12.1 Å². The average Bonchev–Trinajstić information content (AvgIpc) is 2.34. The van der Waals surface area contributed by atoms with E-state index in [4.69, 9.17) is 0 Å². The van der Waals surface area contributed by atoms with Gasteiger partial charge in [0, 0.05) is 12.1 Å². The molecular weight excluding hydrogens is 218 g/mol. The van der Waals surface area contributed by atoms with Crippen molar-refractivity contribution in [1.29, 1.82) is 0 Å². The third-order valence-corrected chi connectivity index (χ3v) is 3.11. The Bertz CT molecular complexity index is 370. The molecule has 1 rings (SSSR count). The molecule has 1 unspecified atom stereocenters. The number of benzene rings is 1. The van der Waals surface area contributed by atoms with Crippen molar-refractivity contribution in [2.24, 2.45) is 0 Å². The van der Waals surface area contributed by atoms with Gasteiger partial charge in [0.2, 0.25) is 0 Å². The predicted molar refractivity (Wildman–Crippen MR) is 81.0 cm³/mol. The molecule has 0 saturated carbocycles. The summed E-state index contributed by atoms with van der Waals surface area (Å²) in [6.45, 7) is 12.1. The summed E-state index contributed by atoms with van der Waals surface area (Å²) in [6, 6.07) is 10.7. The van der Waals surface area contributed by atoms with Gasteiger partial charge in [0.05, 0.1) is 0 Å². The molecule has 0 aliphatic carbocycles. The van der Waals surface area contributed by atoms with Crippen LogP contribution in [0.4, 0.5) is 0 Å². The summed E-state index contributed by atoms with van der Waals surface area (Å²) in [5.41, 5.74) is 3.06. The minimum absolute atomic E-state index is 0.185. The van der Waals surface area contributed by atoms with Crippen LogP contribution in [0.15, 0.2) is 42.0 Å². The first-order valence-electron chi connectivity index (χ1n) is 6.92. The van der Waals surface area contributed by atoms with Crippen molar-refractivity contribution in [3.8, 4) is 0 Å². The van der Waals surface area contributed by atoms with E-state index in [2.05, 4.69) is 76.3 Å². The lowest BCUT2D eigenvalue weighted by Crippen LogP contribution is -2.37. The first-order valence-corrected chi connectivity index (χ1v) is 6.92. The molecule has 1 nitrogen and oxygen atoms in total. The van der Waals surface area contributed by atoms with Crippen LogP contribution in [0.25, 0.3) is 0 Å². The van der Waals surface area contributed by atoms with Crippen LogP contribution in [-0.2, 0) is 0 Å². The van der Waals surface area contributed by atoms with E-state index in [0.717, 1.165) is 13.0 Å². The van der Waals surface area contributed by atoms with Gasteiger partial charge in [-0.15, -0.1) is 0 Å². The second-order valence-electron chi connectivity index (χ2n) is 5.98. The molecule has 0 bridgehead atoms. The number of hydrogen-bond acceptors (Lipinski definition) is 1. The summed E-state index contributed by atoms with van der Waals surface area (Å²) in [5.74, 6) is 0.489. The highest BCUT2D eigenvalue weighted by molar-refractivity contribution is 5.25. The first-order chi connectivity index (χ1) is 8.42. The highest BCUT2D eigenvalue weighted by Crippen LogP contribution is 2.19. The van der Waals surface area contributed by atoms with E-state index in [1.54, 1.807) is 0 Å². The molecule has 0 aromatic heterocycles. The third kappa shape index (κ3) is 5.50. The van der Waals surface area contributed by atoms with Crippen molar-refractivity contribution in [1.82, 2.24) is 5.32 Å². The fourth-order valence-electron chi connectivity index (χ4n) is 1.89. The molecule has 0 saturated heterocycles. The maximum absolute atomic E-state index is 3.56. The number of nitrogens with one attached hydrogen (secondary N) is 1. The maximum atomic E-state index is 3.56. The zero-order valence-corrected chi connectivity index (χ0v) is 12.5. The van der Waals surface area contributed by atoms with Gasteiger partial charge in [0.1, 0.15) is 0 Å². The van der Waals surface area contributed by atoms with Gasteiger partial charge in [0.15, 0.2) is 0 Å². The van der Waals surface area contributed by atoms with E-state index in [9.17, 15) is 0 Å². The van der Waals surface area contributed by atoms with Gasteiger partial charge >= 0.3 is 0 Å². The molecule has 0 aliphatic heterocycles. The molecule has 1 heteroatoms. The molecule has 0 amide bonds. The van der Waals surface area contributed by atoms with Crippen LogP contribution >= 0.6 is 0 Å². The van der Waals surface area contributed by atoms with Crippen molar-refractivity contribution in [2.75, 3.05) is 6.54 Å². The van der Waals surface area contributed by atoms with Gasteiger partial charge in [0.25, 0.3) is 0 Å². The van der Waals surface area contributed by atoms with Crippen LogP contribution in [0.5, 0.6) is 0 Å². The average molecular weight is 245 g/mol. The van der Waals surface area contributed by atoms with Gasteiger partial charge in [-0.05, 0) is 38.7 Å². The highest BCUT2D eigenvalue weighted by Gasteiger charge is 2.09. The normalized spacial score (nSPS) is 14.6. The molecule has 1 atom stereocenters. The summed E-state index contributed by atoms with van der Waals surface area (Å²) in [5, 5.41) is 3.56. The monoisotopic (exact) mass is 245 g/mol. The Kier molecular flexibility index (Phi) is 5.61. The van der Waals surface area contributed by atoms with Crippen LogP contribution in [0.3, 0.4) is 0 Å². The smallest absolute Gasteiger partial charge is 0.0169 e. The number of allylic oxidation sites excluding steroid dienone is 1. The molecule has 1 aromatic carbocycles. The Labute approximate surface area is 112 Å². The van der Waals surface area contributed by atoms with Crippen LogP contribution in [0.1, 0.15) is 52.5 Å². The Morgan fingerprint density at radius 1 is 1.22 bits per heavy atom. The van der Waals surface area contributed by atoms with Crippen molar-refractivity contribution in [2.45, 2.75) is 52.5 Å². The second-order valence-corrected chi connectivity index (χ2v) is 5.98. The van der Waals surface area contributed by atoms with Gasteiger partial charge in [-0.2, -0.15) is 0 Å². The molecule has 0 heterocycles. The van der Waals surface area contributed by atoms with Crippen molar-refractivity contribution < 1.29 is 0 Å². The lowest BCUT2D eigenvalue weighted by Gasteiger charge is -2.22. The minimum atomic E-state index is 0.185. The summed E-state index contributed by atoms with van der Waals surface area (Å²) in [6.07, 6.45) is 3.51. The quantitative estimate of drug-likeness (QED) is 0.752. The van der Waals surface area contributed by atoms with E-state index >= 15 is 0 Å². The standard InChI is InChI=1S/C17H27N/c1-6-15(13-18-17(3,4)5)12-14(2)16-10-8-7-9-11-16/h7-12,14,18H,6,13H2,1-5H3/b15-12-. The topological polar surface area (TPSA) is 12.0 Å². The van der Waals surface area contributed by atoms with Gasteiger partial charge in [-0.25, -0.2) is 0 Å². The number of rotatable bonds is 5. The molecule has 0 radical (unpaired) electrons. The van der Waals surface area contributed by atoms with E-state index in [1.165, 1.54) is 11.1 Å². The van der Waals surface area contributed by atoms with Gasteiger partial charge < -0.3 is 5.32 Å². The predicted octanol–water partition coefficient (Wildman–Crippen LogP) is 4.51. The molecule has 0 aliphatic rings. The summed E-state index contributed by atoms with van der Waals surface area (Å²) < 4.78 is 0. The minimum Gasteiger partial charge on any atom is -0.308 e. The van der Waals surface area contributed by atoms with Crippen LogP contribution in [0, 0.1) is 0 Å². The molecule has 0 fully saturated rings. The Hall–Kier alpha value is -1.08. The largest absolute Gasteiger partial charge is 0.308 e. The van der Waals surface area contributed by atoms with E-state index in [1.807, 2.05) is 0 Å². The van der Waals surface area contributed by atoms with Gasteiger partial charge in [-0.1, -0.05) is 55.8 Å². The van der Waals surface area contributed by atoms with E-state index in [0.29, 0.717) is 5.92 Å². The third-order valence-electron chi connectivity index (χ3n) is 3.11. The fourth-order valence-corrected chi connectivity index (χ4v) is 1.89. The Morgan fingerprint density at radius 3 is 2.33 bits per heavy atom. The van der Waals surface area contributed by atoms with Crippen LogP contribution < -0.4 is 5.32 Å².